The van der Waals surface area contributed by atoms with Gasteiger partial charge < -0.3 is 9.88 Å². The summed E-state index contributed by atoms with van der Waals surface area (Å²) < 4.78 is 2.14. The maximum absolute atomic E-state index is 4.46. The van der Waals surface area contributed by atoms with Crippen LogP contribution in [-0.2, 0) is 6.54 Å². The van der Waals surface area contributed by atoms with Crippen LogP contribution in [0.3, 0.4) is 0 Å². The maximum Gasteiger partial charge on any atom is 0.140 e. The van der Waals surface area contributed by atoms with E-state index in [-0.39, 0.29) is 0 Å². The van der Waals surface area contributed by atoms with Gasteiger partial charge in [-0.3, -0.25) is 0 Å². The molecule has 0 spiro atoms. The lowest BCUT2D eigenvalue weighted by molar-refractivity contribution is 0.805. The molecule has 0 saturated heterocycles. The number of anilines is 1. The van der Waals surface area contributed by atoms with Gasteiger partial charge in [0.15, 0.2) is 0 Å². The molecule has 0 radical (unpaired) electrons. The Balaban J connectivity index is 1.90. The fourth-order valence-electron chi connectivity index (χ4n) is 2.19. The lowest BCUT2D eigenvalue weighted by Gasteiger charge is -2.09. The molecule has 4 heteroatoms. The van der Waals surface area contributed by atoms with Crippen LogP contribution in [0.4, 0.5) is 5.82 Å². The van der Waals surface area contributed by atoms with E-state index in [0.717, 1.165) is 23.8 Å². The standard InChI is InChI=1S/C16H16N4/c1-17-15-11-13(7-8-18-15)12-20-10-9-19-16(20)14-5-3-2-4-6-14/h2-11H,12H2,1H3,(H,17,18). The Labute approximate surface area is 118 Å². The van der Waals surface area contributed by atoms with E-state index in [0.29, 0.717) is 0 Å². The molecule has 2 aromatic heterocycles. The summed E-state index contributed by atoms with van der Waals surface area (Å²) in [6.45, 7) is 0.779. The molecule has 0 unspecified atom stereocenters. The van der Waals surface area contributed by atoms with Gasteiger partial charge >= 0.3 is 0 Å². The second kappa shape index (κ2) is 5.57. The first-order chi connectivity index (χ1) is 9.86. The van der Waals surface area contributed by atoms with Crippen LogP contribution in [0.25, 0.3) is 11.4 Å². The van der Waals surface area contributed by atoms with Crippen LogP contribution in [0.15, 0.2) is 61.1 Å². The van der Waals surface area contributed by atoms with Crippen molar-refractivity contribution >= 4 is 5.82 Å². The minimum Gasteiger partial charge on any atom is -0.373 e. The molecule has 0 saturated carbocycles. The van der Waals surface area contributed by atoms with Crippen LogP contribution in [0.1, 0.15) is 5.56 Å². The Hall–Kier alpha value is -2.62. The third-order valence-electron chi connectivity index (χ3n) is 3.18. The van der Waals surface area contributed by atoms with Crippen molar-refractivity contribution < 1.29 is 0 Å². The zero-order chi connectivity index (χ0) is 13.8. The number of imidazole rings is 1. The molecule has 1 N–H and O–H groups in total. The van der Waals surface area contributed by atoms with E-state index < -0.39 is 0 Å². The Morgan fingerprint density at radius 2 is 1.90 bits per heavy atom. The molecule has 0 fully saturated rings. The number of hydrogen-bond acceptors (Lipinski definition) is 3. The monoisotopic (exact) mass is 264 g/mol. The van der Waals surface area contributed by atoms with Crippen LogP contribution in [0.2, 0.25) is 0 Å². The molecule has 0 atom stereocenters. The molecule has 0 amide bonds. The van der Waals surface area contributed by atoms with E-state index >= 15 is 0 Å². The number of nitrogens with one attached hydrogen (secondary N) is 1. The van der Waals surface area contributed by atoms with Crippen molar-refractivity contribution in [3.05, 3.63) is 66.6 Å². The molecule has 20 heavy (non-hydrogen) atoms. The molecule has 100 valence electrons. The molecule has 4 nitrogen and oxygen atoms in total. The van der Waals surface area contributed by atoms with Gasteiger partial charge in [-0.25, -0.2) is 9.97 Å². The fourth-order valence-corrected chi connectivity index (χ4v) is 2.19. The molecule has 0 bridgehead atoms. The zero-order valence-electron chi connectivity index (χ0n) is 11.3. The molecule has 0 aliphatic carbocycles. The normalized spacial score (nSPS) is 10.4. The molecule has 3 rings (SSSR count). The average Bonchev–Trinajstić information content (AvgIpc) is 2.96. The molecule has 0 aliphatic rings. The van der Waals surface area contributed by atoms with Crippen molar-refractivity contribution in [3.63, 3.8) is 0 Å². The summed E-state index contributed by atoms with van der Waals surface area (Å²) in [5, 5.41) is 3.06. The smallest absolute Gasteiger partial charge is 0.140 e. The van der Waals surface area contributed by atoms with Gasteiger partial charge in [0.1, 0.15) is 11.6 Å². The summed E-state index contributed by atoms with van der Waals surface area (Å²) in [7, 11) is 1.87. The van der Waals surface area contributed by atoms with Gasteiger partial charge in [-0.15, -0.1) is 0 Å². The summed E-state index contributed by atoms with van der Waals surface area (Å²) in [5.74, 6) is 1.86. The van der Waals surface area contributed by atoms with Crippen LogP contribution < -0.4 is 5.32 Å². The van der Waals surface area contributed by atoms with Gasteiger partial charge in [0.2, 0.25) is 0 Å². The van der Waals surface area contributed by atoms with Crippen molar-refractivity contribution in [2.75, 3.05) is 12.4 Å². The van der Waals surface area contributed by atoms with E-state index in [1.165, 1.54) is 5.56 Å². The third-order valence-corrected chi connectivity index (χ3v) is 3.18. The Kier molecular flexibility index (Phi) is 3.46. The van der Waals surface area contributed by atoms with Gasteiger partial charge in [-0.05, 0) is 17.7 Å². The number of benzene rings is 1. The summed E-state index contributed by atoms with van der Waals surface area (Å²) in [6.07, 6.45) is 5.66. The molecule has 3 aromatic rings. The van der Waals surface area contributed by atoms with Crippen molar-refractivity contribution in [2.45, 2.75) is 6.54 Å². The topological polar surface area (TPSA) is 42.7 Å². The van der Waals surface area contributed by atoms with Crippen molar-refractivity contribution in [1.82, 2.24) is 14.5 Å². The highest BCUT2D eigenvalue weighted by atomic mass is 15.1. The highest BCUT2D eigenvalue weighted by Crippen LogP contribution is 2.18. The lowest BCUT2D eigenvalue weighted by atomic mass is 10.2. The molecule has 0 aliphatic heterocycles. The van der Waals surface area contributed by atoms with Crippen LogP contribution in [0.5, 0.6) is 0 Å². The quantitative estimate of drug-likeness (QED) is 0.787. The highest BCUT2D eigenvalue weighted by molar-refractivity contribution is 5.55. The van der Waals surface area contributed by atoms with Crippen molar-refractivity contribution in [3.8, 4) is 11.4 Å². The molecule has 2 heterocycles. The van der Waals surface area contributed by atoms with E-state index in [1.807, 2.05) is 49.9 Å². The summed E-state index contributed by atoms with van der Waals surface area (Å²) in [4.78, 5) is 8.69. The van der Waals surface area contributed by atoms with Crippen LogP contribution in [0, 0.1) is 0 Å². The highest BCUT2D eigenvalue weighted by Gasteiger charge is 2.06. The SMILES string of the molecule is CNc1cc(Cn2ccnc2-c2ccccc2)ccn1. The predicted octanol–water partition coefficient (Wildman–Crippen LogP) is 3.04. The van der Waals surface area contributed by atoms with Gasteiger partial charge in [-0.2, -0.15) is 0 Å². The number of pyridine rings is 1. The fraction of sp³-hybridized carbons (Fsp3) is 0.125. The van der Waals surface area contributed by atoms with E-state index in [2.05, 4.69) is 38.1 Å². The van der Waals surface area contributed by atoms with Gasteiger partial charge in [0, 0.05) is 37.7 Å². The predicted molar refractivity (Wildman–Crippen MR) is 80.5 cm³/mol. The number of hydrogen-bond donors (Lipinski definition) is 1. The first kappa shape index (κ1) is 12.4. The van der Waals surface area contributed by atoms with Crippen LogP contribution >= 0.6 is 0 Å². The number of nitrogens with zero attached hydrogens (tertiary/aromatic N) is 3. The number of aromatic nitrogens is 3. The Bertz CT molecular complexity index is 688. The second-order valence-electron chi connectivity index (χ2n) is 4.54. The van der Waals surface area contributed by atoms with Crippen molar-refractivity contribution in [1.29, 1.82) is 0 Å². The summed E-state index contributed by atoms with van der Waals surface area (Å²) >= 11 is 0. The minimum absolute atomic E-state index is 0.779. The largest absolute Gasteiger partial charge is 0.373 e. The van der Waals surface area contributed by atoms with Gasteiger partial charge in [0.05, 0.1) is 0 Å². The van der Waals surface area contributed by atoms with E-state index in [4.69, 9.17) is 0 Å². The molecular weight excluding hydrogens is 248 g/mol. The summed E-state index contributed by atoms with van der Waals surface area (Å²) in [6, 6.07) is 14.3. The van der Waals surface area contributed by atoms with Crippen molar-refractivity contribution in [2.24, 2.45) is 0 Å². The summed E-state index contributed by atoms with van der Waals surface area (Å²) in [5.41, 5.74) is 2.32. The molecule has 1 aromatic carbocycles. The maximum atomic E-state index is 4.46. The van der Waals surface area contributed by atoms with E-state index in [1.54, 1.807) is 0 Å². The first-order valence-corrected chi connectivity index (χ1v) is 6.56. The minimum atomic E-state index is 0.779. The van der Waals surface area contributed by atoms with Gasteiger partial charge in [-0.1, -0.05) is 30.3 Å². The van der Waals surface area contributed by atoms with Gasteiger partial charge in [0.25, 0.3) is 0 Å². The number of rotatable bonds is 4. The van der Waals surface area contributed by atoms with Crippen LogP contribution in [-0.4, -0.2) is 21.6 Å². The second-order valence-corrected chi connectivity index (χ2v) is 4.54. The van der Waals surface area contributed by atoms with E-state index in [9.17, 15) is 0 Å². The zero-order valence-corrected chi connectivity index (χ0v) is 11.3. The Morgan fingerprint density at radius 1 is 1.05 bits per heavy atom. The lowest BCUT2D eigenvalue weighted by Crippen LogP contribution is -2.02. The third kappa shape index (κ3) is 2.54. The Morgan fingerprint density at radius 3 is 2.70 bits per heavy atom. The average molecular weight is 264 g/mol. The first-order valence-electron chi connectivity index (χ1n) is 6.56. The molecular formula is C16H16N4.